The van der Waals surface area contributed by atoms with Crippen LogP contribution < -0.4 is 4.74 Å². The minimum atomic E-state index is -0.704. The first kappa shape index (κ1) is 10.3. The fourth-order valence-corrected chi connectivity index (χ4v) is 1.20. The van der Waals surface area contributed by atoms with Crippen LogP contribution in [0.5, 0.6) is 11.5 Å². The van der Waals surface area contributed by atoms with Crippen LogP contribution in [0.15, 0.2) is 12.1 Å². The summed E-state index contributed by atoms with van der Waals surface area (Å²) in [4.78, 5) is 0. The van der Waals surface area contributed by atoms with Crippen LogP contribution in [0.4, 0.5) is 4.39 Å². The van der Waals surface area contributed by atoms with Crippen molar-refractivity contribution in [3.8, 4) is 17.6 Å². The predicted molar refractivity (Wildman–Crippen MR) is 48.6 cm³/mol. The lowest BCUT2D eigenvalue weighted by Gasteiger charge is -2.10. The SMILES string of the molecule is COc1ccc(O)c(C(C)C#N)c1F. The van der Waals surface area contributed by atoms with Gasteiger partial charge in [-0.25, -0.2) is 4.39 Å². The molecule has 1 atom stereocenters. The van der Waals surface area contributed by atoms with Gasteiger partial charge < -0.3 is 9.84 Å². The molecular weight excluding hydrogens is 185 g/mol. The van der Waals surface area contributed by atoms with E-state index in [-0.39, 0.29) is 17.1 Å². The molecule has 0 heterocycles. The summed E-state index contributed by atoms with van der Waals surface area (Å²) in [5, 5.41) is 18.0. The first-order valence-corrected chi connectivity index (χ1v) is 4.06. The molecule has 0 fully saturated rings. The van der Waals surface area contributed by atoms with Crippen LogP contribution in [0.3, 0.4) is 0 Å². The lowest BCUT2D eigenvalue weighted by Crippen LogP contribution is -1.98. The van der Waals surface area contributed by atoms with Gasteiger partial charge in [-0.05, 0) is 19.1 Å². The van der Waals surface area contributed by atoms with Crippen LogP contribution >= 0.6 is 0 Å². The number of hydrogen-bond acceptors (Lipinski definition) is 3. The molecular formula is C10H10FNO2. The molecule has 0 saturated heterocycles. The molecule has 0 amide bonds. The molecule has 0 aliphatic carbocycles. The molecule has 3 nitrogen and oxygen atoms in total. The molecule has 0 aliphatic rings. The second-order valence-electron chi connectivity index (χ2n) is 2.87. The summed E-state index contributed by atoms with van der Waals surface area (Å²) < 4.78 is 18.3. The predicted octanol–water partition coefficient (Wildman–Crippen LogP) is 2.17. The maximum Gasteiger partial charge on any atom is 0.173 e. The van der Waals surface area contributed by atoms with E-state index in [1.165, 1.54) is 26.2 Å². The Hall–Kier alpha value is -1.76. The van der Waals surface area contributed by atoms with Gasteiger partial charge in [0, 0.05) is 0 Å². The molecule has 0 aromatic heterocycles. The summed E-state index contributed by atoms with van der Waals surface area (Å²) in [6, 6.07) is 4.49. The number of benzene rings is 1. The standard InChI is InChI=1S/C10H10FNO2/c1-6(5-12)9-7(13)3-4-8(14-2)10(9)11/h3-4,6,13H,1-2H3. The summed E-state index contributed by atoms with van der Waals surface area (Å²) in [5.41, 5.74) is -0.0214. The van der Waals surface area contributed by atoms with E-state index in [9.17, 15) is 9.50 Å². The third-order valence-electron chi connectivity index (χ3n) is 1.97. The van der Waals surface area contributed by atoms with Gasteiger partial charge in [-0.3, -0.25) is 0 Å². The fourth-order valence-electron chi connectivity index (χ4n) is 1.20. The molecule has 0 saturated carbocycles. The normalized spacial score (nSPS) is 11.9. The Bertz CT molecular complexity index is 384. The van der Waals surface area contributed by atoms with Gasteiger partial charge in [-0.15, -0.1) is 0 Å². The molecule has 1 unspecified atom stereocenters. The van der Waals surface area contributed by atoms with Crippen molar-refractivity contribution in [2.24, 2.45) is 0 Å². The Balaban J connectivity index is 3.34. The molecule has 14 heavy (non-hydrogen) atoms. The zero-order chi connectivity index (χ0) is 10.7. The molecule has 1 rings (SSSR count). The lowest BCUT2D eigenvalue weighted by molar-refractivity contribution is 0.377. The molecule has 74 valence electrons. The van der Waals surface area contributed by atoms with Crippen LogP contribution in [0.25, 0.3) is 0 Å². The summed E-state index contributed by atoms with van der Waals surface area (Å²) >= 11 is 0. The van der Waals surface area contributed by atoms with Crippen molar-refractivity contribution in [3.05, 3.63) is 23.5 Å². The van der Waals surface area contributed by atoms with E-state index in [0.29, 0.717) is 0 Å². The summed E-state index contributed by atoms with van der Waals surface area (Å²) in [5.74, 6) is -1.58. The molecule has 0 aliphatic heterocycles. The van der Waals surface area contributed by atoms with Gasteiger partial charge in [0.1, 0.15) is 5.75 Å². The van der Waals surface area contributed by atoms with Gasteiger partial charge in [0.15, 0.2) is 11.6 Å². The average molecular weight is 195 g/mol. The Morgan fingerprint density at radius 2 is 2.21 bits per heavy atom. The molecule has 1 N–H and O–H groups in total. The Morgan fingerprint density at radius 1 is 1.57 bits per heavy atom. The van der Waals surface area contributed by atoms with Crippen LogP contribution in [0.1, 0.15) is 18.4 Å². The summed E-state index contributed by atoms with van der Waals surface area (Å²) in [6.45, 7) is 1.51. The van der Waals surface area contributed by atoms with E-state index in [1.54, 1.807) is 0 Å². The number of phenols is 1. The monoisotopic (exact) mass is 195 g/mol. The Labute approximate surface area is 81.4 Å². The zero-order valence-electron chi connectivity index (χ0n) is 7.91. The van der Waals surface area contributed by atoms with E-state index in [1.807, 2.05) is 6.07 Å². The number of hydrogen-bond donors (Lipinski definition) is 1. The van der Waals surface area contributed by atoms with Crippen LogP contribution in [0, 0.1) is 17.1 Å². The first-order valence-electron chi connectivity index (χ1n) is 4.06. The molecule has 0 radical (unpaired) electrons. The van der Waals surface area contributed by atoms with Crippen LogP contribution in [-0.2, 0) is 0 Å². The highest BCUT2D eigenvalue weighted by atomic mass is 19.1. The third kappa shape index (κ3) is 1.62. The van der Waals surface area contributed by atoms with Gasteiger partial charge >= 0.3 is 0 Å². The number of nitrogens with zero attached hydrogens (tertiary/aromatic N) is 1. The fraction of sp³-hybridized carbons (Fsp3) is 0.300. The summed E-state index contributed by atoms with van der Waals surface area (Å²) in [6.07, 6.45) is 0. The Kier molecular flexibility index (Phi) is 2.92. The molecule has 1 aromatic rings. The van der Waals surface area contributed by atoms with Crippen molar-refractivity contribution in [3.63, 3.8) is 0 Å². The van der Waals surface area contributed by atoms with E-state index >= 15 is 0 Å². The Morgan fingerprint density at radius 3 is 2.71 bits per heavy atom. The van der Waals surface area contributed by atoms with Gasteiger partial charge in [0.05, 0.1) is 24.7 Å². The van der Waals surface area contributed by atoms with Crippen molar-refractivity contribution in [1.82, 2.24) is 0 Å². The van der Waals surface area contributed by atoms with Gasteiger partial charge in [-0.2, -0.15) is 5.26 Å². The highest BCUT2D eigenvalue weighted by Crippen LogP contribution is 2.33. The number of ether oxygens (including phenoxy) is 1. The number of phenolic OH excluding ortho intramolecular Hbond substituents is 1. The lowest BCUT2D eigenvalue weighted by atomic mass is 10.0. The van der Waals surface area contributed by atoms with E-state index in [0.717, 1.165) is 0 Å². The second-order valence-corrected chi connectivity index (χ2v) is 2.87. The minimum absolute atomic E-state index is 0.0214. The van der Waals surface area contributed by atoms with Gasteiger partial charge in [0.2, 0.25) is 0 Å². The quantitative estimate of drug-likeness (QED) is 0.786. The first-order chi connectivity index (χ1) is 6.61. The molecule has 0 spiro atoms. The molecule has 0 bridgehead atoms. The van der Waals surface area contributed by atoms with Crippen molar-refractivity contribution < 1.29 is 14.2 Å². The number of aromatic hydroxyl groups is 1. The molecule has 1 aromatic carbocycles. The van der Waals surface area contributed by atoms with Crippen molar-refractivity contribution in [1.29, 1.82) is 5.26 Å². The topological polar surface area (TPSA) is 53.2 Å². The zero-order valence-corrected chi connectivity index (χ0v) is 7.91. The number of halogens is 1. The smallest absolute Gasteiger partial charge is 0.173 e. The molecule has 4 heteroatoms. The average Bonchev–Trinajstić information content (AvgIpc) is 2.18. The third-order valence-corrected chi connectivity index (χ3v) is 1.97. The van der Waals surface area contributed by atoms with Crippen molar-refractivity contribution in [2.45, 2.75) is 12.8 Å². The van der Waals surface area contributed by atoms with E-state index in [4.69, 9.17) is 10.00 Å². The number of nitriles is 1. The second kappa shape index (κ2) is 3.97. The van der Waals surface area contributed by atoms with Gasteiger partial charge in [-0.1, -0.05) is 0 Å². The highest BCUT2D eigenvalue weighted by molar-refractivity contribution is 5.44. The van der Waals surface area contributed by atoms with E-state index < -0.39 is 11.7 Å². The minimum Gasteiger partial charge on any atom is -0.508 e. The van der Waals surface area contributed by atoms with Crippen molar-refractivity contribution >= 4 is 0 Å². The largest absolute Gasteiger partial charge is 0.508 e. The number of rotatable bonds is 2. The highest BCUT2D eigenvalue weighted by Gasteiger charge is 2.18. The van der Waals surface area contributed by atoms with Crippen LogP contribution in [0.2, 0.25) is 0 Å². The van der Waals surface area contributed by atoms with Crippen molar-refractivity contribution in [2.75, 3.05) is 7.11 Å². The maximum absolute atomic E-state index is 13.5. The van der Waals surface area contributed by atoms with Gasteiger partial charge in [0.25, 0.3) is 0 Å². The maximum atomic E-state index is 13.5. The van der Waals surface area contributed by atoms with E-state index in [2.05, 4.69) is 0 Å². The summed E-state index contributed by atoms with van der Waals surface area (Å²) in [7, 11) is 1.33. The number of methoxy groups -OCH3 is 1. The van der Waals surface area contributed by atoms with Crippen LogP contribution in [-0.4, -0.2) is 12.2 Å².